The van der Waals surface area contributed by atoms with Gasteiger partial charge in [0.15, 0.2) is 0 Å². The summed E-state index contributed by atoms with van der Waals surface area (Å²) in [6.45, 7) is 7.83. The van der Waals surface area contributed by atoms with Crippen molar-refractivity contribution in [1.82, 2.24) is 15.5 Å². The van der Waals surface area contributed by atoms with Gasteiger partial charge < -0.3 is 10.6 Å². The second-order valence-corrected chi connectivity index (χ2v) is 7.92. The van der Waals surface area contributed by atoms with Gasteiger partial charge in [0.25, 0.3) is 0 Å². The van der Waals surface area contributed by atoms with Crippen LogP contribution in [0.4, 0.5) is 0 Å². The molecule has 0 aromatic heterocycles. The van der Waals surface area contributed by atoms with Crippen LogP contribution in [0.1, 0.15) is 58.1 Å². The van der Waals surface area contributed by atoms with E-state index in [9.17, 15) is 9.59 Å². The van der Waals surface area contributed by atoms with Crippen LogP contribution in [-0.2, 0) is 9.59 Å². The molecule has 5 nitrogen and oxygen atoms in total. The molecule has 27 heavy (non-hydrogen) atoms. The van der Waals surface area contributed by atoms with E-state index in [1.54, 1.807) is 0 Å². The van der Waals surface area contributed by atoms with E-state index < -0.39 is 0 Å². The third-order valence-electron chi connectivity index (χ3n) is 5.31. The van der Waals surface area contributed by atoms with Crippen molar-refractivity contribution < 1.29 is 9.59 Å². The van der Waals surface area contributed by atoms with E-state index in [0.29, 0.717) is 24.2 Å². The van der Waals surface area contributed by atoms with Crippen LogP contribution >= 0.6 is 11.6 Å². The van der Waals surface area contributed by atoms with Crippen molar-refractivity contribution in [3.8, 4) is 0 Å². The summed E-state index contributed by atoms with van der Waals surface area (Å²) in [5.74, 6) is 0.0401. The predicted molar refractivity (Wildman–Crippen MR) is 110 cm³/mol. The largest absolute Gasteiger partial charge is 0.356 e. The fraction of sp³-hybridized carbons (Fsp3) is 0.619. The topological polar surface area (TPSA) is 61.4 Å². The molecule has 0 saturated carbocycles. The summed E-state index contributed by atoms with van der Waals surface area (Å²) in [4.78, 5) is 27.0. The summed E-state index contributed by atoms with van der Waals surface area (Å²) in [5, 5.41) is 6.70. The second-order valence-electron chi connectivity index (χ2n) is 7.51. The minimum atomic E-state index is -0.153. The van der Waals surface area contributed by atoms with Crippen molar-refractivity contribution in [2.75, 3.05) is 19.6 Å². The lowest BCUT2D eigenvalue weighted by atomic mass is 9.92. The van der Waals surface area contributed by atoms with Gasteiger partial charge in [-0.15, -0.1) is 0 Å². The molecular weight excluding hydrogens is 362 g/mol. The molecule has 1 saturated heterocycles. The van der Waals surface area contributed by atoms with Crippen molar-refractivity contribution in [1.29, 1.82) is 0 Å². The number of nitrogens with zero attached hydrogens (tertiary/aromatic N) is 1. The van der Waals surface area contributed by atoms with Crippen molar-refractivity contribution in [2.24, 2.45) is 5.92 Å². The van der Waals surface area contributed by atoms with E-state index in [2.05, 4.69) is 29.4 Å². The van der Waals surface area contributed by atoms with Crippen molar-refractivity contribution in [3.05, 3.63) is 34.9 Å². The number of piperidine rings is 1. The van der Waals surface area contributed by atoms with Crippen LogP contribution in [-0.4, -0.2) is 42.4 Å². The summed E-state index contributed by atoms with van der Waals surface area (Å²) < 4.78 is 0. The maximum absolute atomic E-state index is 12.5. The van der Waals surface area contributed by atoms with Crippen LogP contribution in [0.5, 0.6) is 0 Å². The molecule has 1 fully saturated rings. The van der Waals surface area contributed by atoms with Gasteiger partial charge in [0.05, 0.1) is 18.5 Å². The Hall–Kier alpha value is -1.59. The fourth-order valence-electron chi connectivity index (χ4n) is 3.52. The number of unbranched alkanes of at least 4 members (excludes halogenated alkanes) is 1. The SMILES string of the molecule is CCCCNC(=O)C1CCC(C)N(CC(=O)NC(C)c2ccccc2Cl)C1. The Labute approximate surface area is 167 Å². The zero-order valence-corrected chi connectivity index (χ0v) is 17.4. The van der Waals surface area contributed by atoms with Crippen LogP contribution in [0.15, 0.2) is 24.3 Å². The highest BCUT2D eigenvalue weighted by atomic mass is 35.5. The zero-order valence-electron chi connectivity index (χ0n) is 16.6. The van der Waals surface area contributed by atoms with Gasteiger partial charge in [0.2, 0.25) is 11.8 Å². The van der Waals surface area contributed by atoms with Gasteiger partial charge in [-0.05, 0) is 44.7 Å². The highest BCUT2D eigenvalue weighted by molar-refractivity contribution is 6.31. The lowest BCUT2D eigenvalue weighted by Gasteiger charge is -2.37. The summed E-state index contributed by atoms with van der Waals surface area (Å²) in [5.41, 5.74) is 0.910. The number of hydrogen-bond donors (Lipinski definition) is 2. The molecule has 1 aliphatic heterocycles. The molecule has 1 aliphatic rings. The minimum Gasteiger partial charge on any atom is -0.356 e. The highest BCUT2D eigenvalue weighted by Crippen LogP contribution is 2.24. The zero-order chi connectivity index (χ0) is 19.8. The smallest absolute Gasteiger partial charge is 0.234 e. The molecule has 1 aromatic rings. The van der Waals surface area contributed by atoms with Gasteiger partial charge in [-0.3, -0.25) is 14.5 Å². The lowest BCUT2D eigenvalue weighted by molar-refractivity contribution is -0.130. The number of likely N-dealkylation sites (tertiary alicyclic amines) is 1. The first-order valence-electron chi connectivity index (χ1n) is 9.97. The Morgan fingerprint density at radius 1 is 1.30 bits per heavy atom. The number of rotatable bonds is 8. The van der Waals surface area contributed by atoms with Crippen LogP contribution in [0, 0.1) is 5.92 Å². The molecule has 0 spiro atoms. The van der Waals surface area contributed by atoms with E-state index in [1.807, 2.05) is 31.2 Å². The Morgan fingerprint density at radius 2 is 2.04 bits per heavy atom. The van der Waals surface area contributed by atoms with Gasteiger partial charge in [-0.25, -0.2) is 0 Å². The van der Waals surface area contributed by atoms with Crippen molar-refractivity contribution in [3.63, 3.8) is 0 Å². The summed E-state index contributed by atoms with van der Waals surface area (Å²) >= 11 is 6.22. The second kappa shape index (κ2) is 10.7. The molecule has 150 valence electrons. The third-order valence-corrected chi connectivity index (χ3v) is 5.65. The van der Waals surface area contributed by atoms with Gasteiger partial charge in [0.1, 0.15) is 0 Å². The Bertz CT molecular complexity index is 638. The average molecular weight is 394 g/mol. The number of hydrogen-bond acceptors (Lipinski definition) is 3. The normalized spacial score (nSPS) is 21.5. The maximum Gasteiger partial charge on any atom is 0.234 e. The van der Waals surface area contributed by atoms with E-state index in [0.717, 1.165) is 37.8 Å². The van der Waals surface area contributed by atoms with E-state index in [1.165, 1.54) is 0 Å². The van der Waals surface area contributed by atoms with Gasteiger partial charge >= 0.3 is 0 Å². The van der Waals surface area contributed by atoms with Gasteiger partial charge in [-0.2, -0.15) is 0 Å². The molecule has 3 atom stereocenters. The van der Waals surface area contributed by atoms with Crippen molar-refractivity contribution >= 4 is 23.4 Å². The fourth-order valence-corrected chi connectivity index (χ4v) is 3.82. The molecule has 2 amide bonds. The van der Waals surface area contributed by atoms with Crippen LogP contribution in [0.25, 0.3) is 0 Å². The first-order valence-corrected chi connectivity index (χ1v) is 10.4. The number of benzene rings is 1. The molecular formula is C21H32ClN3O2. The number of halogens is 1. The number of nitrogens with one attached hydrogen (secondary N) is 2. The van der Waals surface area contributed by atoms with Crippen molar-refractivity contribution in [2.45, 2.75) is 58.5 Å². The van der Waals surface area contributed by atoms with E-state index in [-0.39, 0.29) is 23.8 Å². The quantitative estimate of drug-likeness (QED) is 0.664. The Balaban J connectivity index is 1.87. The molecule has 6 heteroatoms. The molecule has 1 heterocycles. The first kappa shape index (κ1) is 21.7. The first-order chi connectivity index (χ1) is 12.9. The lowest BCUT2D eigenvalue weighted by Crippen LogP contribution is -2.50. The Kier molecular flexibility index (Phi) is 8.58. The van der Waals surface area contributed by atoms with Gasteiger partial charge in [0, 0.05) is 24.2 Å². The van der Waals surface area contributed by atoms with Crippen LogP contribution in [0.2, 0.25) is 5.02 Å². The maximum atomic E-state index is 12.5. The predicted octanol–water partition coefficient (Wildman–Crippen LogP) is 3.53. The molecule has 2 N–H and O–H groups in total. The monoisotopic (exact) mass is 393 g/mol. The minimum absolute atomic E-state index is 0.0353. The average Bonchev–Trinajstić information content (AvgIpc) is 2.63. The van der Waals surface area contributed by atoms with Crippen LogP contribution < -0.4 is 10.6 Å². The summed E-state index contributed by atoms with van der Waals surface area (Å²) in [7, 11) is 0. The van der Waals surface area contributed by atoms with Gasteiger partial charge in [-0.1, -0.05) is 43.1 Å². The van der Waals surface area contributed by atoms with E-state index in [4.69, 9.17) is 11.6 Å². The molecule has 1 aromatic carbocycles. The Morgan fingerprint density at radius 3 is 2.74 bits per heavy atom. The molecule has 0 bridgehead atoms. The highest BCUT2D eigenvalue weighted by Gasteiger charge is 2.31. The van der Waals surface area contributed by atoms with E-state index >= 15 is 0 Å². The van der Waals surface area contributed by atoms with Crippen LogP contribution in [0.3, 0.4) is 0 Å². The molecule has 2 rings (SSSR count). The molecule has 0 aliphatic carbocycles. The summed E-state index contributed by atoms with van der Waals surface area (Å²) in [6.07, 6.45) is 3.88. The number of amides is 2. The standard InChI is InChI=1S/C21H32ClN3O2/c1-4-5-12-23-21(27)17-11-10-15(2)25(13-17)14-20(26)24-16(3)18-8-6-7-9-19(18)22/h6-9,15-17H,4-5,10-14H2,1-3H3,(H,23,27)(H,24,26). The molecule has 0 radical (unpaired) electrons. The molecule has 3 unspecified atom stereocenters. The third kappa shape index (κ3) is 6.51. The number of carbonyl (C=O) groups excluding carboxylic acids is 2. The number of carbonyl (C=O) groups is 2. The summed E-state index contributed by atoms with van der Waals surface area (Å²) in [6, 6.07) is 7.69.